The first-order valence-corrected chi connectivity index (χ1v) is 12.0. The standard InChI is InChI=1S/C25H38N6O2/c1-19(2)17-25(33)30-13-8-12-28(5)15-16-29(18-22-9-6-7-10-23(22)30)24(32)11-14-31-21(4)26-20(3)27-31/h6-7,9-10,19H,8,11-18H2,1-5H3. The van der Waals surface area contributed by atoms with Gasteiger partial charge in [-0.1, -0.05) is 32.0 Å². The van der Waals surface area contributed by atoms with Crippen LogP contribution < -0.4 is 4.90 Å². The fraction of sp³-hybridized carbons (Fsp3) is 0.600. The van der Waals surface area contributed by atoms with Gasteiger partial charge >= 0.3 is 0 Å². The van der Waals surface area contributed by atoms with Crippen LogP contribution in [0, 0.1) is 19.8 Å². The number of likely N-dealkylation sites (N-methyl/N-ethyl adjacent to an activating group) is 1. The Bertz CT molecular complexity index is 954. The van der Waals surface area contributed by atoms with Crippen molar-refractivity contribution in [3.63, 3.8) is 0 Å². The van der Waals surface area contributed by atoms with Gasteiger partial charge in [-0.15, -0.1) is 0 Å². The molecule has 8 nitrogen and oxygen atoms in total. The number of rotatable bonds is 5. The Morgan fingerprint density at radius 2 is 1.79 bits per heavy atom. The highest BCUT2D eigenvalue weighted by molar-refractivity contribution is 5.94. The summed E-state index contributed by atoms with van der Waals surface area (Å²) in [6.45, 7) is 11.9. The molecule has 1 aliphatic rings. The quantitative estimate of drug-likeness (QED) is 0.694. The Kier molecular flexibility index (Phi) is 8.61. The fourth-order valence-corrected chi connectivity index (χ4v) is 4.28. The van der Waals surface area contributed by atoms with Gasteiger partial charge in [0.1, 0.15) is 11.6 Å². The Morgan fingerprint density at radius 3 is 2.48 bits per heavy atom. The van der Waals surface area contributed by atoms with Crippen molar-refractivity contribution >= 4 is 17.5 Å². The predicted molar refractivity (Wildman–Crippen MR) is 130 cm³/mol. The van der Waals surface area contributed by atoms with Gasteiger partial charge in [0, 0.05) is 44.7 Å². The van der Waals surface area contributed by atoms with E-state index in [9.17, 15) is 9.59 Å². The van der Waals surface area contributed by atoms with Crippen LogP contribution in [0.5, 0.6) is 0 Å². The predicted octanol–water partition coefficient (Wildman–Crippen LogP) is 3.03. The molecule has 0 spiro atoms. The molecule has 3 rings (SSSR count). The first-order valence-electron chi connectivity index (χ1n) is 12.0. The lowest BCUT2D eigenvalue weighted by atomic mass is 10.1. The van der Waals surface area contributed by atoms with Gasteiger partial charge in [-0.25, -0.2) is 9.67 Å². The lowest BCUT2D eigenvalue weighted by Crippen LogP contribution is -2.37. The molecule has 1 aliphatic heterocycles. The normalized spacial score (nSPS) is 15.9. The molecule has 0 aliphatic carbocycles. The summed E-state index contributed by atoms with van der Waals surface area (Å²) in [7, 11) is 2.08. The van der Waals surface area contributed by atoms with Gasteiger partial charge in [0.25, 0.3) is 0 Å². The molecule has 8 heteroatoms. The van der Waals surface area contributed by atoms with Gasteiger partial charge in [0.2, 0.25) is 11.8 Å². The molecule has 1 aromatic carbocycles. The van der Waals surface area contributed by atoms with Crippen molar-refractivity contribution in [2.24, 2.45) is 5.92 Å². The van der Waals surface area contributed by atoms with Crippen molar-refractivity contribution < 1.29 is 9.59 Å². The molecule has 2 heterocycles. The molecule has 0 atom stereocenters. The molecule has 0 N–H and O–H groups in total. The van der Waals surface area contributed by atoms with Crippen LogP contribution in [-0.2, 0) is 22.7 Å². The van der Waals surface area contributed by atoms with Crippen LogP contribution in [0.25, 0.3) is 0 Å². The molecule has 0 fully saturated rings. The number of anilines is 1. The highest BCUT2D eigenvalue weighted by Gasteiger charge is 2.23. The topological polar surface area (TPSA) is 74.6 Å². The Morgan fingerprint density at radius 1 is 1.03 bits per heavy atom. The van der Waals surface area contributed by atoms with E-state index in [1.165, 1.54) is 0 Å². The highest BCUT2D eigenvalue weighted by atomic mass is 16.2. The average Bonchev–Trinajstić information content (AvgIpc) is 3.07. The second-order valence-electron chi connectivity index (χ2n) is 9.42. The summed E-state index contributed by atoms with van der Waals surface area (Å²) in [5.41, 5.74) is 1.94. The number of carbonyl (C=O) groups is 2. The Balaban J connectivity index is 1.83. The second-order valence-corrected chi connectivity index (χ2v) is 9.42. The van der Waals surface area contributed by atoms with E-state index in [1.54, 1.807) is 4.68 Å². The van der Waals surface area contributed by atoms with E-state index >= 15 is 0 Å². The molecule has 0 saturated heterocycles. The number of nitrogens with zero attached hydrogens (tertiary/aromatic N) is 6. The van der Waals surface area contributed by atoms with E-state index in [1.807, 2.05) is 47.9 Å². The minimum absolute atomic E-state index is 0.0880. The molecule has 0 unspecified atom stereocenters. The molecule has 180 valence electrons. The van der Waals surface area contributed by atoms with Crippen molar-refractivity contribution in [3.05, 3.63) is 41.5 Å². The van der Waals surface area contributed by atoms with Crippen molar-refractivity contribution in [2.45, 2.75) is 60.0 Å². The Hall–Kier alpha value is -2.74. The third-order valence-electron chi connectivity index (χ3n) is 6.05. The minimum Gasteiger partial charge on any atom is -0.337 e. The van der Waals surface area contributed by atoms with Crippen molar-refractivity contribution in [1.29, 1.82) is 0 Å². The number of aryl methyl sites for hydroxylation is 3. The van der Waals surface area contributed by atoms with Crippen LogP contribution in [0.2, 0.25) is 0 Å². The number of aromatic nitrogens is 3. The van der Waals surface area contributed by atoms with Crippen LogP contribution in [0.15, 0.2) is 24.3 Å². The number of benzene rings is 1. The lowest BCUT2D eigenvalue weighted by molar-refractivity contribution is -0.132. The number of hydrogen-bond acceptors (Lipinski definition) is 5. The van der Waals surface area contributed by atoms with E-state index in [0.29, 0.717) is 44.9 Å². The molecular weight excluding hydrogens is 416 g/mol. The number of amides is 2. The molecule has 2 aromatic rings. The number of hydrogen-bond donors (Lipinski definition) is 0. The van der Waals surface area contributed by atoms with Gasteiger partial charge in [0.15, 0.2) is 0 Å². The second kappa shape index (κ2) is 11.4. The van der Waals surface area contributed by atoms with Crippen LogP contribution in [0.3, 0.4) is 0 Å². The van der Waals surface area contributed by atoms with Gasteiger partial charge < -0.3 is 14.7 Å². The maximum absolute atomic E-state index is 13.3. The van der Waals surface area contributed by atoms with Gasteiger partial charge in [-0.05, 0) is 51.4 Å². The number of para-hydroxylation sites is 1. The zero-order valence-corrected chi connectivity index (χ0v) is 20.8. The molecule has 0 saturated carbocycles. The molecule has 2 amide bonds. The van der Waals surface area contributed by atoms with Gasteiger partial charge in [-0.2, -0.15) is 5.10 Å². The molecule has 0 radical (unpaired) electrons. The summed E-state index contributed by atoms with van der Waals surface area (Å²) >= 11 is 0. The minimum atomic E-state index is 0.0880. The third-order valence-corrected chi connectivity index (χ3v) is 6.05. The van der Waals surface area contributed by atoms with E-state index in [4.69, 9.17) is 0 Å². The summed E-state index contributed by atoms with van der Waals surface area (Å²) in [5.74, 6) is 2.07. The van der Waals surface area contributed by atoms with E-state index < -0.39 is 0 Å². The first-order chi connectivity index (χ1) is 15.7. The maximum atomic E-state index is 13.3. The number of fused-ring (bicyclic) bond motifs is 1. The smallest absolute Gasteiger partial charge is 0.227 e. The summed E-state index contributed by atoms with van der Waals surface area (Å²) in [6, 6.07) is 8.01. The third kappa shape index (κ3) is 6.87. The largest absolute Gasteiger partial charge is 0.337 e. The zero-order valence-electron chi connectivity index (χ0n) is 20.8. The summed E-state index contributed by atoms with van der Waals surface area (Å²) < 4.78 is 1.80. The van der Waals surface area contributed by atoms with E-state index in [-0.39, 0.29) is 11.8 Å². The summed E-state index contributed by atoms with van der Waals surface area (Å²) in [6.07, 6.45) is 1.78. The first kappa shape index (κ1) is 24.9. The lowest BCUT2D eigenvalue weighted by Gasteiger charge is -2.28. The van der Waals surface area contributed by atoms with Crippen molar-refractivity contribution in [2.75, 3.05) is 38.1 Å². The van der Waals surface area contributed by atoms with Crippen molar-refractivity contribution in [1.82, 2.24) is 24.6 Å². The monoisotopic (exact) mass is 454 g/mol. The van der Waals surface area contributed by atoms with Crippen LogP contribution in [0.4, 0.5) is 5.69 Å². The van der Waals surface area contributed by atoms with E-state index in [2.05, 4.69) is 35.9 Å². The Labute approximate surface area is 197 Å². The maximum Gasteiger partial charge on any atom is 0.227 e. The van der Waals surface area contributed by atoms with Crippen LogP contribution in [-0.4, -0.2) is 69.6 Å². The highest BCUT2D eigenvalue weighted by Crippen LogP contribution is 2.25. The van der Waals surface area contributed by atoms with Gasteiger partial charge in [-0.3, -0.25) is 9.59 Å². The molecule has 33 heavy (non-hydrogen) atoms. The summed E-state index contributed by atoms with van der Waals surface area (Å²) in [5, 5.41) is 4.38. The van der Waals surface area contributed by atoms with Crippen LogP contribution >= 0.6 is 0 Å². The zero-order chi connectivity index (χ0) is 24.0. The number of carbonyl (C=O) groups excluding carboxylic acids is 2. The van der Waals surface area contributed by atoms with Crippen molar-refractivity contribution in [3.8, 4) is 0 Å². The molecular formula is C25H38N6O2. The van der Waals surface area contributed by atoms with Crippen LogP contribution in [0.1, 0.15) is 50.3 Å². The SMILES string of the molecule is Cc1nc(C)n(CCC(=O)N2CCN(C)CCCN(C(=O)CC(C)C)c3ccccc3C2)n1. The average molecular weight is 455 g/mol. The molecule has 0 bridgehead atoms. The van der Waals surface area contributed by atoms with Gasteiger partial charge in [0.05, 0.1) is 6.54 Å². The summed E-state index contributed by atoms with van der Waals surface area (Å²) in [4.78, 5) is 36.8. The van der Waals surface area contributed by atoms with E-state index in [0.717, 1.165) is 42.4 Å². The fourth-order valence-electron chi connectivity index (χ4n) is 4.28. The molecule has 1 aromatic heterocycles.